The fourth-order valence-corrected chi connectivity index (χ4v) is 18.7. The Labute approximate surface area is 555 Å². The van der Waals surface area contributed by atoms with Crippen molar-refractivity contribution in [2.24, 2.45) is 51.2 Å². The highest BCUT2D eigenvalue weighted by atomic mass is 32.2. The molecule has 7 aliphatic carbocycles. The third-order valence-corrected chi connectivity index (χ3v) is 24.0. The van der Waals surface area contributed by atoms with E-state index in [2.05, 4.69) is 176 Å². The maximum Gasteiger partial charge on any atom is 0.518 e. The molecule has 7 fully saturated rings. The molecular weight excluding hydrogens is 1220 g/mol. The second kappa shape index (κ2) is 32.2. The molecule has 93 heavy (non-hydrogen) atoms. The molecule has 10 unspecified atom stereocenters. The first-order valence-corrected chi connectivity index (χ1v) is 36.9. The second-order valence-electron chi connectivity index (χ2n) is 27.4. The fourth-order valence-electron chi connectivity index (χ4n) is 15.9. The molecule has 13 rings (SSSR count). The van der Waals surface area contributed by atoms with Crippen molar-refractivity contribution in [3.8, 4) is 23.0 Å². The summed E-state index contributed by atoms with van der Waals surface area (Å²) in [7, 11) is -5.89. The zero-order chi connectivity index (χ0) is 66.6. The van der Waals surface area contributed by atoms with Gasteiger partial charge in [-0.3, -0.25) is 0 Å². The molecule has 0 heterocycles. The van der Waals surface area contributed by atoms with Crippen molar-refractivity contribution in [3.63, 3.8) is 0 Å². The van der Waals surface area contributed by atoms with Crippen LogP contribution in [-0.4, -0.2) is 56.8 Å². The highest BCUT2D eigenvalue weighted by Crippen LogP contribution is 2.61. The average molecular weight is 1320 g/mol. The SMILES string of the molecule is CCC(C)c1ccc(O)cc1.CCC(C)c1ccc(OC(C)OC2CC3CC2C2CCCC32)cc1.CCC(C)c1ccc(OC(C)OCCOc2c(C)cc([S+](c3ccccc3)c3ccccc3)cc2C)cc1.O=S(=O)(N=C([O-])C12CC3CC(CC(C3)C1)C2)C(F)(F)F. The van der Waals surface area contributed by atoms with Crippen LogP contribution in [0.15, 0.2) is 165 Å². The zero-order valence-corrected chi connectivity index (χ0v) is 57.9. The number of phenols is 1. The fraction of sp³-hybridized carbons (Fsp3) is 0.526. The highest BCUT2D eigenvalue weighted by Gasteiger charge is 2.55. The predicted molar refractivity (Wildman–Crippen MR) is 365 cm³/mol. The molecule has 0 aliphatic heterocycles. The minimum atomic E-state index is -5.72. The molecule has 0 saturated heterocycles. The van der Waals surface area contributed by atoms with Crippen molar-refractivity contribution < 1.29 is 55.5 Å². The molecule has 0 amide bonds. The van der Waals surface area contributed by atoms with E-state index in [0.717, 1.165) is 84.2 Å². The van der Waals surface area contributed by atoms with Gasteiger partial charge in [0.1, 0.15) is 29.6 Å². The molecule has 6 aromatic carbocycles. The summed E-state index contributed by atoms with van der Waals surface area (Å²) >= 11 is 0. The largest absolute Gasteiger partial charge is 0.861 e. The number of hydrogen-bond acceptors (Lipinski definition) is 9. The Morgan fingerprint density at radius 2 is 1.05 bits per heavy atom. The smallest absolute Gasteiger partial charge is 0.518 e. The van der Waals surface area contributed by atoms with Crippen LogP contribution in [0.2, 0.25) is 0 Å². The van der Waals surface area contributed by atoms with Gasteiger partial charge >= 0.3 is 15.5 Å². The number of ether oxygens (including phenoxy) is 5. The number of aromatic hydroxyl groups is 1. The van der Waals surface area contributed by atoms with Crippen LogP contribution in [-0.2, 0) is 30.4 Å². The van der Waals surface area contributed by atoms with Gasteiger partial charge in [0.25, 0.3) is 0 Å². The number of phenolic OH excluding ortho intramolecular Hbond substituents is 1. The first-order chi connectivity index (χ1) is 44.5. The lowest BCUT2D eigenvalue weighted by molar-refractivity contribution is -0.241. The molecule has 15 heteroatoms. The lowest BCUT2D eigenvalue weighted by Crippen LogP contribution is -2.53. The maximum atomic E-state index is 12.3. The number of alkyl halides is 3. The Kier molecular flexibility index (Phi) is 24.7. The molecule has 10 atom stereocenters. The van der Waals surface area contributed by atoms with Gasteiger partial charge < -0.3 is 33.9 Å². The molecule has 0 radical (unpaired) electrons. The van der Waals surface area contributed by atoms with E-state index in [1.807, 2.05) is 31.2 Å². The van der Waals surface area contributed by atoms with E-state index in [-0.39, 0.29) is 23.5 Å². The summed E-state index contributed by atoms with van der Waals surface area (Å²) in [6.07, 6.45) is 15.0. The molecule has 7 saturated carbocycles. The molecule has 504 valence electrons. The van der Waals surface area contributed by atoms with Crippen LogP contribution < -0.4 is 19.3 Å². The van der Waals surface area contributed by atoms with Crippen LogP contribution >= 0.6 is 0 Å². The van der Waals surface area contributed by atoms with E-state index in [1.165, 1.54) is 69.9 Å². The van der Waals surface area contributed by atoms with Gasteiger partial charge in [0, 0.05) is 17.5 Å². The van der Waals surface area contributed by atoms with Gasteiger partial charge in [-0.15, -0.1) is 0 Å². The molecule has 10 nitrogen and oxygen atoms in total. The van der Waals surface area contributed by atoms with Crippen LogP contribution in [0.4, 0.5) is 13.2 Å². The Morgan fingerprint density at radius 3 is 1.52 bits per heavy atom. The molecule has 7 aliphatic rings. The summed E-state index contributed by atoms with van der Waals surface area (Å²) in [6, 6.07) is 50.3. The summed E-state index contributed by atoms with van der Waals surface area (Å²) in [5.74, 6) is 8.46. The Balaban J connectivity index is 0.000000159. The number of aryl methyl sites for hydroxylation is 2. The Hall–Kier alpha value is -6.00. The molecule has 6 bridgehead atoms. The third-order valence-electron chi connectivity index (χ3n) is 20.8. The zero-order valence-electron chi connectivity index (χ0n) is 56.3. The van der Waals surface area contributed by atoms with Gasteiger partial charge in [0.2, 0.25) is 0 Å². The van der Waals surface area contributed by atoms with E-state index in [1.54, 1.807) is 12.1 Å². The van der Waals surface area contributed by atoms with Crippen LogP contribution in [0.25, 0.3) is 0 Å². The summed E-state index contributed by atoms with van der Waals surface area (Å²) in [5.41, 5.74) is -0.162. The van der Waals surface area contributed by atoms with Crippen LogP contribution in [0.3, 0.4) is 0 Å². The number of rotatable bonds is 22. The van der Waals surface area contributed by atoms with Crippen molar-refractivity contribution in [3.05, 3.63) is 173 Å². The second-order valence-corrected chi connectivity index (χ2v) is 31.0. The van der Waals surface area contributed by atoms with E-state index < -0.39 is 26.8 Å². The normalized spacial score (nSPS) is 25.0. The van der Waals surface area contributed by atoms with Gasteiger partial charge in [-0.05, 0) is 265 Å². The van der Waals surface area contributed by atoms with Crippen LogP contribution in [0.1, 0.15) is 191 Å². The van der Waals surface area contributed by atoms with Gasteiger partial charge in [-0.1, -0.05) is 121 Å². The number of sulfonamides is 1. The molecular formula is C78H100F3NO9S2. The number of hydrogen-bond donors (Lipinski definition) is 1. The first kappa shape index (κ1) is 71.3. The van der Waals surface area contributed by atoms with E-state index >= 15 is 0 Å². The van der Waals surface area contributed by atoms with Crippen molar-refractivity contribution in [2.75, 3.05) is 13.2 Å². The minimum Gasteiger partial charge on any atom is -0.861 e. The lowest BCUT2D eigenvalue weighted by Gasteiger charge is -2.58. The van der Waals surface area contributed by atoms with Gasteiger partial charge in [-0.25, -0.2) is 0 Å². The summed E-state index contributed by atoms with van der Waals surface area (Å²) in [4.78, 5) is 3.91. The topological polar surface area (TPSA) is 136 Å². The van der Waals surface area contributed by atoms with Gasteiger partial charge in [0.05, 0.1) is 23.6 Å². The number of fused-ring (bicyclic) bond motifs is 5. The molecule has 0 aromatic heterocycles. The van der Waals surface area contributed by atoms with Gasteiger partial charge in [0.15, 0.2) is 27.3 Å². The Morgan fingerprint density at radius 1 is 0.602 bits per heavy atom. The average Bonchev–Trinajstić information content (AvgIpc) is 1.52. The van der Waals surface area contributed by atoms with Crippen LogP contribution in [0, 0.1) is 60.7 Å². The van der Waals surface area contributed by atoms with Gasteiger partial charge in [-0.2, -0.15) is 26.0 Å². The number of halogens is 3. The van der Waals surface area contributed by atoms with Crippen molar-refractivity contribution in [1.29, 1.82) is 0 Å². The van der Waals surface area contributed by atoms with Crippen molar-refractivity contribution in [2.45, 2.75) is 216 Å². The predicted octanol–water partition coefficient (Wildman–Crippen LogP) is 19.2. The van der Waals surface area contributed by atoms with Crippen molar-refractivity contribution >= 4 is 26.8 Å². The Bertz CT molecular complexity index is 3340. The van der Waals surface area contributed by atoms with E-state index in [9.17, 15) is 26.7 Å². The molecule has 0 spiro atoms. The number of benzene rings is 6. The first-order valence-electron chi connectivity index (χ1n) is 34.2. The highest BCUT2D eigenvalue weighted by molar-refractivity contribution is 7.97. The molecule has 6 aromatic rings. The number of nitrogens with zero attached hydrogens (tertiary/aromatic N) is 1. The van der Waals surface area contributed by atoms with E-state index in [0.29, 0.717) is 79.8 Å². The van der Waals surface area contributed by atoms with E-state index in [4.69, 9.17) is 28.8 Å². The maximum absolute atomic E-state index is 12.3. The minimum absolute atomic E-state index is 0.149. The molecule has 1 N–H and O–H groups in total. The lowest BCUT2D eigenvalue weighted by atomic mass is 9.49. The third kappa shape index (κ3) is 18.3. The monoisotopic (exact) mass is 1320 g/mol. The van der Waals surface area contributed by atoms with Crippen LogP contribution in [0.5, 0.6) is 23.0 Å². The quantitative estimate of drug-likeness (QED) is 0.0232. The summed E-state index contributed by atoms with van der Waals surface area (Å²) in [5, 5.41) is 21.1. The summed E-state index contributed by atoms with van der Waals surface area (Å²) in [6.45, 7) is 22.4. The standard InChI is InChI=1S/C34H39O3S.C22H32O2.C12H16F3NO3S.C10H14O/c1-6-25(2)29-17-19-30(20-18-29)37-28(5)35-21-22-36-34-26(3)23-33(24-27(34)4)38(31-13-9-7-10-14-31)32-15-11-8-12-16-32;1-4-14(2)16-8-10-18(11-9-16)23-15(3)24-22-13-17-12-21(22)20-7-5-6-19(17)20;13-12(14,15)20(18,19)16-10(17)11-4-7-1-8(5-11)3-9(2-7)6-11;1-3-8(2)9-4-6-10(11)7-5-9/h7-20,23-25,28H,6,21-22H2,1-5H3;8-11,14-15,17,19-22H,4-7,12-13H2,1-3H3;7-9H,1-6H2,(H,16,17);4-8,11H,3H2,1-2H3/q+1;;;/p-1. The van der Waals surface area contributed by atoms with Crippen molar-refractivity contribution in [1.82, 2.24) is 0 Å². The summed E-state index contributed by atoms with van der Waals surface area (Å²) < 4.78 is 92.0.